The van der Waals surface area contributed by atoms with Crippen LogP contribution in [0.2, 0.25) is 0 Å². The molecule has 1 atom stereocenters. The largest absolute Gasteiger partial charge is 0.510 e. The molecule has 3 aromatic rings. The normalized spacial score (nSPS) is 14.9. The Kier molecular flexibility index (Phi) is 5.46. The molecule has 0 fully saturated rings. The van der Waals surface area contributed by atoms with Gasteiger partial charge in [0, 0.05) is 10.9 Å². The van der Waals surface area contributed by atoms with Crippen molar-refractivity contribution in [2.45, 2.75) is 13.0 Å². The molecule has 0 aliphatic carbocycles. The maximum Gasteiger partial charge on any atom is 0.161 e. The third kappa shape index (κ3) is 3.52. The van der Waals surface area contributed by atoms with Gasteiger partial charge in [-0.2, -0.15) is 0 Å². The van der Waals surface area contributed by atoms with E-state index in [0.29, 0.717) is 28.6 Å². The lowest BCUT2D eigenvalue weighted by molar-refractivity contribution is 0.310. The molecule has 0 bridgehead atoms. The lowest BCUT2D eigenvalue weighted by Crippen LogP contribution is -2.29. The summed E-state index contributed by atoms with van der Waals surface area (Å²) in [6.45, 7) is 2.34. The fourth-order valence-corrected chi connectivity index (χ4v) is 4.48. The number of benzene rings is 2. The highest BCUT2D eigenvalue weighted by molar-refractivity contribution is 7.11. The van der Waals surface area contributed by atoms with Gasteiger partial charge in [0.05, 0.1) is 38.1 Å². The molecule has 7 heteroatoms. The van der Waals surface area contributed by atoms with Crippen molar-refractivity contribution in [3.05, 3.63) is 70.2 Å². The first-order valence-corrected chi connectivity index (χ1v) is 10.4. The zero-order chi connectivity index (χ0) is 21.3. The Morgan fingerprint density at radius 1 is 1.10 bits per heavy atom. The maximum atomic E-state index is 10.6. The van der Waals surface area contributed by atoms with Crippen molar-refractivity contribution in [3.8, 4) is 22.8 Å². The van der Waals surface area contributed by atoms with Crippen molar-refractivity contribution in [3.63, 3.8) is 0 Å². The van der Waals surface area contributed by atoms with Crippen molar-refractivity contribution in [2.24, 2.45) is 0 Å². The van der Waals surface area contributed by atoms with Crippen LogP contribution >= 0.6 is 11.3 Å². The third-order valence-corrected chi connectivity index (χ3v) is 6.14. The minimum atomic E-state index is -0.0244. The standard InChI is InChI=1S/C23H23N3O3S/c1-14(15-7-5-4-6-8-15)26-12-18(27)21(22(26)24)23-25-17(13-30-23)16-9-10-19(28-2)20(11-16)29-3/h4-11,13-14,24,27H,12H2,1-3H3. The number of aliphatic hydroxyl groups excluding tert-OH is 1. The molecule has 1 aliphatic heterocycles. The van der Waals surface area contributed by atoms with E-state index in [9.17, 15) is 5.11 Å². The molecule has 1 aliphatic rings. The Balaban J connectivity index is 1.60. The number of aromatic nitrogens is 1. The van der Waals surface area contributed by atoms with Gasteiger partial charge in [-0.15, -0.1) is 11.3 Å². The lowest BCUT2D eigenvalue weighted by Gasteiger charge is -2.26. The van der Waals surface area contributed by atoms with Gasteiger partial charge in [0.15, 0.2) is 11.5 Å². The maximum absolute atomic E-state index is 10.6. The Morgan fingerprint density at radius 2 is 1.83 bits per heavy atom. The van der Waals surface area contributed by atoms with Crippen LogP contribution in [0.15, 0.2) is 59.7 Å². The molecule has 1 aromatic heterocycles. The predicted octanol–water partition coefficient (Wildman–Crippen LogP) is 5.15. The first kappa shape index (κ1) is 20.0. The monoisotopic (exact) mass is 421 g/mol. The second-order valence-corrected chi connectivity index (χ2v) is 7.85. The zero-order valence-corrected chi connectivity index (χ0v) is 17.9. The first-order valence-electron chi connectivity index (χ1n) is 9.54. The van der Waals surface area contributed by atoms with Crippen LogP contribution in [0.4, 0.5) is 0 Å². The summed E-state index contributed by atoms with van der Waals surface area (Å²) in [7, 11) is 3.20. The molecule has 2 N–H and O–H groups in total. The van der Waals surface area contributed by atoms with Crippen LogP contribution in [0.1, 0.15) is 23.5 Å². The summed E-state index contributed by atoms with van der Waals surface area (Å²) in [4.78, 5) is 6.58. The minimum absolute atomic E-state index is 0.0244. The van der Waals surface area contributed by atoms with Gasteiger partial charge >= 0.3 is 0 Å². The topological polar surface area (TPSA) is 78.7 Å². The van der Waals surface area contributed by atoms with Gasteiger partial charge in [-0.25, -0.2) is 4.98 Å². The molecule has 30 heavy (non-hydrogen) atoms. The van der Waals surface area contributed by atoms with Gasteiger partial charge in [-0.1, -0.05) is 30.3 Å². The number of thiazole rings is 1. The number of nitrogens with zero attached hydrogens (tertiary/aromatic N) is 2. The second-order valence-electron chi connectivity index (χ2n) is 6.99. The van der Waals surface area contributed by atoms with E-state index in [4.69, 9.17) is 19.9 Å². The quantitative estimate of drug-likeness (QED) is 0.575. The molecule has 154 valence electrons. The van der Waals surface area contributed by atoms with Crippen LogP contribution < -0.4 is 9.47 Å². The third-order valence-electron chi connectivity index (χ3n) is 5.28. The van der Waals surface area contributed by atoms with Crippen molar-refractivity contribution < 1.29 is 14.6 Å². The molecule has 0 spiro atoms. The average Bonchev–Trinajstić information content (AvgIpc) is 3.37. The average molecular weight is 422 g/mol. The van der Waals surface area contributed by atoms with E-state index in [-0.39, 0.29) is 17.6 Å². The molecule has 0 amide bonds. The summed E-state index contributed by atoms with van der Waals surface area (Å²) < 4.78 is 10.7. The molecule has 6 nitrogen and oxygen atoms in total. The van der Waals surface area contributed by atoms with E-state index in [0.717, 1.165) is 16.8 Å². The summed E-state index contributed by atoms with van der Waals surface area (Å²) in [6, 6.07) is 15.6. The lowest BCUT2D eigenvalue weighted by atomic mass is 10.1. The summed E-state index contributed by atoms with van der Waals surface area (Å²) >= 11 is 1.41. The van der Waals surface area contributed by atoms with Gasteiger partial charge in [0.2, 0.25) is 0 Å². The number of ether oxygens (including phenoxy) is 2. The molecule has 0 saturated heterocycles. The molecular formula is C23H23N3O3S. The molecule has 2 heterocycles. The van der Waals surface area contributed by atoms with Crippen LogP contribution in [0.25, 0.3) is 16.8 Å². The van der Waals surface area contributed by atoms with Gasteiger partial charge in [0.25, 0.3) is 0 Å². The number of amidine groups is 1. The predicted molar refractivity (Wildman–Crippen MR) is 119 cm³/mol. The number of methoxy groups -OCH3 is 2. The zero-order valence-electron chi connectivity index (χ0n) is 17.0. The molecule has 4 rings (SSSR count). The van der Waals surface area contributed by atoms with Gasteiger partial charge < -0.3 is 19.5 Å². The van der Waals surface area contributed by atoms with Crippen molar-refractivity contribution in [1.29, 1.82) is 5.41 Å². The van der Waals surface area contributed by atoms with Crippen LogP contribution in [0, 0.1) is 5.41 Å². The van der Waals surface area contributed by atoms with E-state index < -0.39 is 0 Å². The Morgan fingerprint density at radius 3 is 2.53 bits per heavy atom. The number of hydrogen-bond donors (Lipinski definition) is 2. The molecular weight excluding hydrogens is 398 g/mol. The van der Waals surface area contributed by atoms with Crippen LogP contribution in [-0.4, -0.2) is 41.6 Å². The number of aliphatic hydroxyl groups is 1. The van der Waals surface area contributed by atoms with E-state index in [1.807, 2.05) is 65.7 Å². The SMILES string of the molecule is COc1ccc(-c2csc(C3=C(O)CN(C(C)c4ccccc4)C3=N)n2)cc1OC. The Hall–Kier alpha value is -3.32. The number of rotatable bonds is 6. The fraction of sp³-hybridized carbons (Fsp3) is 0.217. The highest BCUT2D eigenvalue weighted by atomic mass is 32.1. The van der Waals surface area contributed by atoms with Crippen LogP contribution in [0.3, 0.4) is 0 Å². The Bertz CT molecular complexity index is 1110. The first-order chi connectivity index (χ1) is 14.5. The number of nitrogens with one attached hydrogen (secondary N) is 1. The molecule has 1 unspecified atom stereocenters. The smallest absolute Gasteiger partial charge is 0.161 e. The summed E-state index contributed by atoms with van der Waals surface area (Å²) in [5.74, 6) is 1.75. The highest BCUT2D eigenvalue weighted by Gasteiger charge is 2.33. The van der Waals surface area contributed by atoms with E-state index in [1.54, 1.807) is 14.2 Å². The van der Waals surface area contributed by atoms with Gasteiger partial charge in [0.1, 0.15) is 16.6 Å². The van der Waals surface area contributed by atoms with Crippen LogP contribution in [0.5, 0.6) is 11.5 Å². The Labute approximate surface area is 179 Å². The highest BCUT2D eigenvalue weighted by Crippen LogP contribution is 2.37. The van der Waals surface area contributed by atoms with E-state index >= 15 is 0 Å². The fourth-order valence-electron chi connectivity index (χ4n) is 3.58. The summed E-state index contributed by atoms with van der Waals surface area (Å²) in [6.07, 6.45) is 0. The van der Waals surface area contributed by atoms with Crippen molar-refractivity contribution >= 4 is 22.7 Å². The molecule has 0 radical (unpaired) electrons. The van der Waals surface area contributed by atoms with E-state index in [2.05, 4.69) is 0 Å². The van der Waals surface area contributed by atoms with Gasteiger partial charge in [-0.3, -0.25) is 5.41 Å². The van der Waals surface area contributed by atoms with E-state index in [1.165, 1.54) is 11.3 Å². The summed E-state index contributed by atoms with van der Waals surface area (Å²) in [5, 5.41) is 21.9. The van der Waals surface area contributed by atoms with Crippen molar-refractivity contribution in [2.75, 3.05) is 20.8 Å². The van der Waals surface area contributed by atoms with Gasteiger partial charge in [-0.05, 0) is 30.7 Å². The molecule has 2 aromatic carbocycles. The van der Waals surface area contributed by atoms with Crippen LogP contribution in [-0.2, 0) is 0 Å². The molecule has 0 saturated carbocycles. The second kappa shape index (κ2) is 8.20. The minimum Gasteiger partial charge on any atom is -0.510 e. The van der Waals surface area contributed by atoms with Crippen molar-refractivity contribution in [1.82, 2.24) is 9.88 Å². The summed E-state index contributed by atoms with van der Waals surface area (Å²) in [5.41, 5.74) is 3.24. The number of hydrogen-bond acceptors (Lipinski definition) is 6.